The molecule has 1 aliphatic heterocycles. The minimum atomic E-state index is -4.61. The topological polar surface area (TPSA) is 186 Å². The van der Waals surface area contributed by atoms with Crippen molar-refractivity contribution in [2.45, 2.75) is 166 Å². The molecule has 1 heterocycles. The van der Waals surface area contributed by atoms with Crippen LogP contribution in [0.1, 0.15) is 129 Å². The Bertz CT molecular complexity index is 1400. The summed E-state index contributed by atoms with van der Waals surface area (Å²) in [5.41, 5.74) is 0. The van der Waals surface area contributed by atoms with E-state index in [0.717, 1.165) is 77.0 Å². The largest absolute Gasteiger partial charge is 0.462 e. The zero-order chi connectivity index (χ0) is 42.7. The molecule has 0 aromatic carbocycles. The monoisotopic (exact) mass is 836 g/mol. The Hall–Kier alpha value is -3.17. The standard InChI is InChI=1S/C45H72O12S/c1-3-5-7-9-11-13-15-17-18-19-20-22-23-25-27-29-31-33-40(46)54-35-38(36-55-45-44(50)43(49)42(48)39(57-45)37-58(51,52)53)56-41(47)34-32-30-28-26-24-21-16-14-12-10-8-6-4-2/h5-8,11-14,17-18,21,24,28,30,38-39,42-45,48-50H,3-4,9-10,15-16,19-20,22-23,25-27,29,31-37H2,1-2H3,(H,51,52,53)/b7-5-,8-6-,13-11-,14-12-,18-17-,24-21-,30-28-. The van der Waals surface area contributed by atoms with Crippen molar-refractivity contribution < 1.29 is 56.8 Å². The van der Waals surface area contributed by atoms with Crippen LogP contribution in [0.5, 0.6) is 0 Å². The summed E-state index contributed by atoms with van der Waals surface area (Å²) in [4.78, 5) is 25.3. The Morgan fingerprint density at radius 3 is 1.60 bits per heavy atom. The molecule has 1 rings (SSSR count). The van der Waals surface area contributed by atoms with Gasteiger partial charge in [-0.2, -0.15) is 8.42 Å². The Morgan fingerprint density at radius 1 is 0.586 bits per heavy atom. The lowest BCUT2D eigenvalue weighted by Crippen LogP contribution is -2.60. The number of aliphatic hydroxyl groups excluding tert-OH is 3. The first-order valence-corrected chi connectivity index (χ1v) is 22.8. The first-order valence-electron chi connectivity index (χ1n) is 21.1. The summed E-state index contributed by atoms with van der Waals surface area (Å²) in [6.07, 6.45) is 35.1. The van der Waals surface area contributed by atoms with Gasteiger partial charge in [0.05, 0.1) is 6.61 Å². The van der Waals surface area contributed by atoms with E-state index in [1.54, 1.807) is 0 Å². The molecular formula is C45H72O12S. The van der Waals surface area contributed by atoms with Crippen molar-refractivity contribution in [3.8, 4) is 0 Å². The summed E-state index contributed by atoms with van der Waals surface area (Å²) in [5.74, 6) is -2.12. The molecule has 4 N–H and O–H groups in total. The number of hydrogen-bond donors (Lipinski definition) is 4. The molecule has 58 heavy (non-hydrogen) atoms. The molecule has 1 fully saturated rings. The molecule has 6 unspecified atom stereocenters. The summed E-state index contributed by atoms with van der Waals surface area (Å²) in [7, 11) is -4.61. The molecule has 6 atom stereocenters. The molecule has 0 aromatic heterocycles. The highest BCUT2D eigenvalue weighted by Gasteiger charge is 2.46. The molecule has 0 amide bonds. The Balaban J connectivity index is 2.52. The van der Waals surface area contributed by atoms with Crippen molar-refractivity contribution in [1.29, 1.82) is 0 Å². The van der Waals surface area contributed by atoms with Crippen LogP contribution in [0.3, 0.4) is 0 Å². The van der Waals surface area contributed by atoms with Crippen LogP contribution in [-0.2, 0) is 38.7 Å². The van der Waals surface area contributed by atoms with E-state index in [1.807, 2.05) is 18.2 Å². The zero-order valence-corrected chi connectivity index (χ0v) is 35.7. The molecule has 0 bridgehead atoms. The van der Waals surface area contributed by atoms with Gasteiger partial charge >= 0.3 is 11.9 Å². The van der Waals surface area contributed by atoms with Gasteiger partial charge in [0.2, 0.25) is 0 Å². The summed E-state index contributed by atoms with van der Waals surface area (Å²) >= 11 is 0. The molecule has 0 radical (unpaired) electrons. The fourth-order valence-electron chi connectivity index (χ4n) is 5.76. The number of rotatable bonds is 33. The number of allylic oxidation sites excluding steroid dienone is 14. The first-order chi connectivity index (χ1) is 28.0. The highest BCUT2D eigenvalue weighted by molar-refractivity contribution is 7.85. The van der Waals surface area contributed by atoms with Gasteiger partial charge in [-0.1, -0.05) is 131 Å². The van der Waals surface area contributed by atoms with E-state index >= 15 is 0 Å². The molecule has 0 saturated carbocycles. The van der Waals surface area contributed by atoms with Gasteiger partial charge < -0.3 is 34.3 Å². The summed E-state index contributed by atoms with van der Waals surface area (Å²) < 4.78 is 53.9. The number of esters is 2. The van der Waals surface area contributed by atoms with Crippen LogP contribution in [0.15, 0.2) is 85.1 Å². The summed E-state index contributed by atoms with van der Waals surface area (Å²) in [6.45, 7) is 3.43. The van der Waals surface area contributed by atoms with Crippen LogP contribution in [-0.4, -0.2) is 96.0 Å². The summed E-state index contributed by atoms with van der Waals surface area (Å²) in [5, 5.41) is 30.8. The summed E-state index contributed by atoms with van der Waals surface area (Å²) in [6, 6.07) is 0. The van der Waals surface area contributed by atoms with Crippen molar-refractivity contribution in [3.63, 3.8) is 0 Å². The van der Waals surface area contributed by atoms with Crippen molar-refractivity contribution in [3.05, 3.63) is 85.1 Å². The maximum absolute atomic E-state index is 12.7. The number of carbonyl (C=O) groups excluding carboxylic acids is 2. The normalized spacial score (nSPS) is 21.2. The lowest BCUT2D eigenvalue weighted by molar-refractivity contribution is -0.297. The third kappa shape index (κ3) is 29.1. The van der Waals surface area contributed by atoms with Crippen LogP contribution >= 0.6 is 0 Å². The van der Waals surface area contributed by atoms with Gasteiger partial charge in [0.1, 0.15) is 36.8 Å². The lowest BCUT2D eigenvalue weighted by Gasteiger charge is -2.40. The third-order valence-electron chi connectivity index (χ3n) is 8.98. The number of aliphatic hydroxyl groups is 3. The second kappa shape index (κ2) is 34.7. The molecule has 0 spiro atoms. The minimum absolute atomic E-state index is 0.0360. The first kappa shape index (κ1) is 52.8. The van der Waals surface area contributed by atoms with E-state index in [4.69, 9.17) is 18.9 Å². The second-order valence-corrected chi connectivity index (χ2v) is 15.7. The SMILES string of the molecule is CC/C=C\C/C=C\C/C=C\C/C=C\CCC(=O)OC(COC(=O)CCCCCCCCC/C=C\C/C=C\C/C=C\CC)COC1OC(CS(=O)(=O)O)C(O)C(O)C1O. The highest BCUT2D eigenvalue weighted by Crippen LogP contribution is 2.24. The average molecular weight is 837 g/mol. The van der Waals surface area contributed by atoms with Crippen molar-refractivity contribution in [1.82, 2.24) is 0 Å². The predicted molar refractivity (Wildman–Crippen MR) is 228 cm³/mol. The van der Waals surface area contributed by atoms with E-state index in [9.17, 15) is 37.9 Å². The van der Waals surface area contributed by atoms with Crippen LogP contribution in [0, 0.1) is 0 Å². The maximum Gasteiger partial charge on any atom is 0.306 e. The van der Waals surface area contributed by atoms with Crippen molar-refractivity contribution >= 4 is 22.1 Å². The lowest BCUT2D eigenvalue weighted by atomic mass is 10.00. The van der Waals surface area contributed by atoms with Gasteiger partial charge in [-0.3, -0.25) is 14.1 Å². The Morgan fingerprint density at radius 2 is 1.07 bits per heavy atom. The van der Waals surface area contributed by atoms with Crippen LogP contribution < -0.4 is 0 Å². The van der Waals surface area contributed by atoms with Crippen LogP contribution in [0.25, 0.3) is 0 Å². The third-order valence-corrected chi connectivity index (χ3v) is 9.73. The fourth-order valence-corrected chi connectivity index (χ4v) is 6.45. The molecule has 0 aromatic rings. The maximum atomic E-state index is 12.7. The van der Waals surface area contributed by atoms with Gasteiger partial charge in [-0.15, -0.1) is 0 Å². The van der Waals surface area contributed by atoms with Crippen LogP contribution in [0.4, 0.5) is 0 Å². The molecule has 0 aliphatic carbocycles. The zero-order valence-electron chi connectivity index (χ0n) is 34.9. The molecular weight excluding hydrogens is 765 g/mol. The van der Waals surface area contributed by atoms with E-state index < -0.39 is 71.2 Å². The minimum Gasteiger partial charge on any atom is -0.462 e. The van der Waals surface area contributed by atoms with Gasteiger partial charge in [0.15, 0.2) is 12.4 Å². The average Bonchev–Trinajstić information content (AvgIpc) is 3.18. The van der Waals surface area contributed by atoms with Crippen LogP contribution in [0.2, 0.25) is 0 Å². The second-order valence-electron chi connectivity index (χ2n) is 14.2. The molecule has 12 nitrogen and oxygen atoms in total. The number of unbranched alkanes of at least 4 members (excludes halogenated alkanes) is 7. The number of ether oxygens (including phenoxy) is 4. The molecule has 330 valence electrons. The van der Waals surface area contributed by atoms with Gasteiger partial charge in [0, 0.05) is 12.8 Å². The van der Waals surface area contributed by atoms with Crippen molar-refractivity contribution in [2.75, 3.05) is 19.0 Å². The van der Waals surface area contributed by atoms with Gasteiger partial charge in [0.25, 0.3) is 10.1 Å². The van der Waals surface area contributed by atoms with Crippen molar-refractivity contribution in [2.24, 2.45) is 0 Å². The molecule has 13 heteroatoms. The van der Waals surface area contributed by atoms with E-state index in [0.29, 0.717) is 19.3 Å². The Kier molecular flexibility index (Phi) is 31.6. The van der Waals surface area contributed by atoms with E-state index in [-0.39, 0.29) is 19.4 Å². The highest BCUT2D eigenvalue weighted by atomic mass is 32.2. The molecule has 1 saturated heterocycles. The van der Waals surface area contributed by atoms with Gasteiger partial charge in [-0.05, 0) is 70.6 Å². The Labute approximate surface area is 348 Å². The van der Waals surface area contributed by atoms with E-state index in [2.05, 4.69) is 80.7 Å². The van der Waals surface area contributed by atoms with E-state index in [1.165, 1.54) is 6.42 Å². The fraction of sp³-hybridized carbons (Fsp3) is 0.644. The quantitative estimate of drug-likeness (QED) is 0.0216. The predicted octanol–water partition coefficient (Wildman–Crippen LogP) is 8.11. The number of carbonyl (C=O) groups is 2. The molecule has 1 aliphatic rings. The smallest absolute Gasteiger partial charge is 0.306 e. The number of hydrogen-bond acceptors (Lipinski definition) is 11. The van der Waals surface area contributed by atoms with Gasteiger partial charge in [-0.25, -0.2) is 0 Å².